The van der Waals surface area contributed by atoms with Crippen molar-refractivity contribution in [3.05, 3.63) is 59.7 Å². The van der Waals surface area contributed by atoms with Crippen molar-refractivity contribution in [2.45, 2.75) is 52.6 Å². The maximum atomic E-state index is 6.35. The Morgan fingerprint density at radius 1 is 0.652 bits per heavy atom. The van der Waals surface area contributed by atoms with E-state index < -0.39 is 8.56 Å². The Morgan fingerprint density at radius 2 is 1.00 bits per heavy atom. The summed E-state index contributed by atoms with van der Waals surface area (Å²) in [7, 11) is -2.34. The number of rotatable bonds is 6. The van der Waals surface area contributed by atoms with E-state index in [2.05, 4.69) is 65.1 Å². The smallest absolute Gasteiger partial charge is 0.454 e. The third-order valence-corrected chi connectivity index (χ3v) is 5.22. The van der Waals surface area contributed by atoms with Gasteiger partial charge >= 0.3 is 8.56 Å². The zero-order valence-corrected chi connectivity index (χ0v) is 16.1. The maximum Gasteiger partial charge on any atom is 0.454 e. The van der Waals surface area contributed by atoms with E-state index in [1.807, 2.05) is 24.3 Å². The van der Waals surface area contributed by atoms with Crippen LogP contribution in [0.15, 0.2) is 48.5 Å². The van der Waals surface area contributed by atoms with Crippen LogP contribution in [-0.4, -0.2) is 8.56 Å². The third kappa shape index (κ3) is 4.61. The van der Waals surface area contributed by atoms with Crippen LogP contribution in [0.25, 0.3) is 0 Å². The molecular formula is C20H28O2Si. The van der Waals surface area contributed by atoms with Gasteiger partial charge in [-0.1, -0.05) is 64.1 Å². The van der Waals surface area contributed by atoms with Gasteiger partial charge < -0.3 is 8.85 Å². The Kier molecular flexibility index (Phi) is 5.53. The van der Waals surface area contributed by atoms with Gasteiger partial charge in [-0.05, 0) is 35.1 Å². The van der Waals surface area contributed by atoms with Crippen LogP contribution in [0.1, 0.15) is 50.7 Å². The summed E-state index contributed by atoms with van der Waals surface area (Å²) < 4.78 is 12.7. The molecule has 0 fully saturated rings. The molecule has 23 heavy (non-hydrogen) atoms. The second-order valence-corrected chi connectivity index (χ2v) is 10.2. The fraction of sp³-hybridized carbons (Fsp3) is 0.400. The van der Waals surface area contributed by atoms with Crippen molar-refractivity contribution in [1.82, 2.24) is 0 Å². The van der Waals surface area contributed by atoms with Crippen LogP contribution in [0.4, 0.5) is 0 Å². The van der Waals surface area contributed by atoms with Gasteiger partial charge in [0, 0.05) is 13.1 Å². The van der Waals surface area contributed by atoms with E-state index in [0.717, 1.165) is 11.5 Å². The molecule has 124 valence electrons. The summed E-state index contributed by atoms with van der Waals surface area (Å²) in [4.78, 5) is 0. The van der Waals surface area contributed by atoms with Crippen LogP contribution in [0.2, 0.25) is 13.1 Å². The lowest BCUT2D eigenvalue weighted by atomic mass is 10.0. The molecule has 0 bridgehead atoms. The van der Waals surface area contributed by atoms with E-state index in [4.69, 9.17) is 8.85 Å². The monoisotopic (exact) mass is 328 g/mol. The molecule has 0 aliphatic carbocycles. The molecule has 0 aliphatic rings. The lowest BCUT2D eigenvalue weighted by Gasteiger charge is -2.28. The zero-order chi connectivity index (χ0) is 17.0. The fourth-order valence-corrected chi connectivity index (χ4v) is 4.12. The van der Waals surface area contributed by atoms with Gasteiger partial charge in [0.15, 0.2) is 0 Å². The molecule has 3 heteroatoms. The molecule has 0 radical (unpaired) electrons. The van der Waals surface area contributed by atoms with Gasteiger partial charge in [0.1, 0.15) is 11.5 Å². The first-order valence-corrected chi connectivity index (χ1v) is 11.2. The third-order valence-electron chi connectivity index (χ3n) is 3.79. The van der Waals surface area contributed by atoms with Gasteiger partial charge in [0.2, 0.25) is 0 Å². The Labute approximate surface area is 141 Å². The summed E-state index contributed by atoms with van der Waals surface area (Å²) in [5.41, 5.74) is 2.46. The van der Waals surface area contributed by atoms with Crippen LogP contribution in [-0.2, 0) is 0 Å². The summed E-state index contributed by atoms with van der Waals surface area (Å²) >= 11 is 0. The lowest BCUT2D eigenvalue weighted by Crippen LogP contribution is -2.42. The minimum absolute atomic E-state index is 0.430. The first-order valence-electron chi connectivity index (χ1n) is 8.36. The van der Waals surface area contributed by atoms with Crippen molar-refractivity contribution in [1.29, 1.82) is 0 Å². The Hall–Kier alpha value is -1.74. The molecular weight excluding hydrogens is 300 g/mol. The SMILES string of the molecule is CC(C)c1ccccc1O[Si](C)(C)Oc1ccccc1C(C)C. The molecule has 0 aromatic heterocycles. The van der Waals surface area contributed by atoms with Gasteiger partial charge in [0.25, 0.3) is 0 Å². The molecule has 0 amide bonds. The van der Waals surface area contributed by atoms with Gasteiger partial charge in [-0.25, -0.2) is 0 Å². The summed E-state index contributed by atoms with van der Waals surface area (Å²) in [6, 6.07) is 16.5. The van der Waals surface area contributed by atoms with Crippen molar-refractivity contribution in [3.63, 3.8) is 0 Å². The lowest BCUT2D eigenvalue weighted by molar-refractivity contribution is 0.392. The minimum atomic E-state index is -2.34. The molecule has 2 aromatic rings. The van der Waals surface area contributed by atoms with Crippen molar-refractivity contribution in [3.8, 4) is 11.5 Å². The van der Waals surface area contributed by atoms with Crippen molar-refractivity contribution >= 4 is 8.56 Å². The average molecular weight is 329 g/mol. The molecule has 0 atom stereocenters. The van der Waals surface area contributed by atoms with Crippen LogP contribution >= 0.6 is 0 Å². The number of hydrogen-bond acceptors (Lipinski definition) is 2. The van der Waals surface area contributed by atoms with E-state index in [9.17, 15) is 0 Å². The first kappa shape index (κ1) is 17.6. The number of benzene rings is 2. The van der Waals surface area contributed by atoms with Gasteiger partial charge in [-0.15, -0.1) is 0 Å². The topological polar surface area (TPSA) is 18.5 Å². The second kappa shape index (κ2) is 7.22. The van der Waals surface area contributed by atoms with Crippen molar-refractivity contribution < 1.29 is 8.85 Å². The molecule has 2 aromatic carbocycles. The number of hydrogen-bond donors (Lipinski definition) is 0. The summed E-state index contributed by atoms with van der Waals surface area (Å²) in [6.07, 6.45) is 0. The largest absolute Gasteiger partial charge is 0.512 e. The molecule has 2 rings (SSSR count). The van der Waals surface area contributed by atoms with E-state index in [1.165, 1.54) is 11.1 Å². The highest BCUT2D eigenvalue weighted by atomic mass is 28.4. The average Bonchev–Trinajstić information content (AvgIpc) is 2.47. The normalized spacial score (nSPS) is 11.8. The molecule has 2 nitrogen and oxygen atoms in total. The Balaban J connectivity index is 2.24. The Morgan fingerprint density at radius 3 is 1.35 bits per heavy atom. The van der Waals surface area contributed by atoms with Crippen LogP contribution in [0.3, 0.4) is 0 Å². The van der Waals surface area contributed by atoms with Crippen molar-refractivity contribution in [2.24, 2.45) is 0 Å². The second-order valence-electron chi connectivity index (χ2n) is 6.99. The highest BCUT2D eigenvalue weighted by Crippen LogP contribution is 2.31. The molecule has 0 N–H and O–H groups in total. The van der Waals surface area contributed by atoms with Crippen LogP contribution in [0.5, 0.6) is 11.5 Å². The zero-order valence-electron chi connectivity index (χ0n) is 15.1. The standard InChI is InChI=1S/C20H28O2Si/c1-15(2)17-11-7-9-13-19(17)21-23(5,6)22-20-14-10-8-12-18(20)16(3)4/h7-16H,1-6H3. The maximum absolute atomic E-state index is 6.35. The summed E-state index contributed by atoms with van der Waals surface area (Å²) in [6.45, 7) is 12.9. The predicted molar refractivity (Wildman–Crippen MR) is 99.8 cm³/mol. The quantitative estimate of drug-likeness (QED) is 0.597. The van der Waals surface area contributed by atoms with Gasteiger partial charge in [-0.2, -0.15) is 0 Å². The molecule has 0 saturated carbocycles. The van der Waals surface area contributed by atoms with Gasteiger partial charge in [-0.3, -0.25) is 0 Å². The van der Waals surface area contributed by atoms with Crippen LogP contribution < -0.4 is 8.85 Å². The summed E-state index contributed by atoms with van der Waals surface area (Å²) in [5, 5.41) is 0. The minimum Gasteiger partial charge on any atom is -0.512 e. The first-order chi connectivity index (χ1) is 10.8. The van der Waals surface area contributed by atoms with Gasteiger partial charge in [0.05, 0.1) is 0 Å². The van der Waals surface area contributed by atoms with Crippen molar-refractivity contribution in [2.75, 3.05) is 0 Å². The van der Waals surface area contributed by atoms with E-state index >= 15 is 0 Å². The van der Waals surface area contributed by atoms with E-state index in [1.54, 1.807) is 0 Å². The summed E-state index contributed by atoms with van der Waals surface area (Å²) in [5.74, 6) is 2.75. The predicted octanol–water partition coefficient (Wildman–Crippen LogP) is 6.09. The fourth-order valence-electron chi connectivity index (χ4n) is 2.65. The van der Waals surface area contributed by atoms with E-state index in [-0.39, 0.29) is 0 Å². The van der Waals surface area contributed by atoms with Crippen LogP contribution in [0, 0.1) is 0 Å². The number of para-hydroxylation sites is 2. The highest BCUT2D eigenvalue weighted by Gasteiger charge is 2.31. The molecule has 0 spiro atoms. The highest BCUT2D eigenvalue weighted by molar-refractivity contribution is 6.66. The molecule has 0 saturated heterocycles. The molecule has 0 heterocycles. The Bertz CT molecular complexity index is 592. The molecule has 0 unspecified atom stereocenters. The molecule has 0 aliphatic heterocycles. The van der Waals surface area contributed by atoms with E-state index in [0.29, 0.717) is 11.8 Å².